The molecule has 1 aromatic carbocycles. The van der Waals surface area contributed by atoms with Gasteiger partial charge in [-0.2, -0.15) is 0 Å². The molecule has 1 aromatic rings. The molecule has 120 valence electrons. The summed E-state index contributed by atoms with van der Waals surface area (Å²) >= 11 is 0. The monoisotopic (exact) mass is 303 g/mol. The normalized spacial score (nSPS) is 16.2. The number of piperidine rings is 1. The molecule has 0 saturated carbocycles. The number of nitrogens with one attached hydrogen (secondary N) is 2. The van der Waals surface area contributed by atoms with Crippen molar-refractivity contribution >= 4 is 17.6 Å². The lowest BCUT2D eigenvalue weighted by Gasteiger charge is -2.32. The average Bonchev–Trinajstić information content (AvgIpc) is 2.53. The summed E-state index contributed by atoms with van der Waals surface area (Å²) in [6.07, 6.45) is 3.28. The Balaban J connectivity index is 1.95. The fourth-order valence-electron chi connectivity index (χ4n) is 2.65. The van der Waals surface area contributed by atoms with Crippen LogP contribution in [0.15, 0.2) is 30.3 Å². The number of benzene rings is 1. The molecule has 1 fully saturated rings. The van der Waals surface area contributed by atoms with Gasteiger partial charge >= 0.3 is 6.03 Å². The summed E-state index contributed by atoms with van der Waals surface area (Å²) < 4.78 is 0. The summed E-state index contributed by atoms with van der Waals surface area (Å²) in [5.41, 5.74) is 0.716. The third kappa shape index (κ3) is 4.48. The first-order valence-electron chi connectivity index (χ1n) is 7.99. The Labute approximate surface area is 132 Å². The molecule has 2 rings (SSSR count). The second kappa shape index (κ2) is 7.82. The molecule has 1 aliphatic rings. The van der Waals surface area contributed by atoms with Crippen molar-refractivity contribution in [2.45, 2.75) is 39.2 Å². The molecule has 0 aromatic heterocycles. The minimum Gasteiger partial charge on any atom is -0.341 e. The van der Waals surface area contributed by atoms with Gasteiger partial charge in [-0.25, -0.2) is 4.79 Å². The number of urea groups is 1. The smallest absolute Gasteiger partial charge is 0.319 e. The molecule has 0 aliphatic carbocycles. The van der Waals surface area contributed by atoms with Crippen LogP contribution in [0, 0.1) is 5.92 Å². The first kappa shape index (κ1) is 16.3. The highest BCUT2D eigenvalue weighted by Crippen LogP contribution is 2.14. The second-order valence-corrected chi connectivity index (χ2v) is 6.07. The zero-order chi connectivity index (χ0) is 15.9. The standard InChI is InChI=1S/C17H25N3O2/c1-13(2)15(16(21)20-11-7-4-8-12-20)19-17(22)18-14-9-5-3-6-10-14/h3,5-6,9-10,13,15H,4,7-8,11-12H2,1-2H3,(H2,18,19,22). The van der Waals surface area contributed by atoms with Crippen LogP contribution in [0.25, 0.3) is 0 Å². The zero-order valence-electron chi connectivity index (χ0n) is 13.3. The number of amides is 3. The van der Waals surface area contributed by atoms with Crippen molar-refractivity contribution in [1.29, 1.82) is 0 Å². The van der Waals surface area contributed by atoms with Gasteiger partial charge in [0.2, 0.25) is 5.91 Å². The van der Waals surface area contributed by atoms with E-state index in [1.807, 2.05) is 49.1 Å². The number of rotatable bonds is 4. The van der Waals surface area contributed by atoms with E-state index in [1.54, 1.807) is 0 Å². The van der Waals surface area contributed by atoms with Crippen molar-refractivity contribution in [2.24, 2.45) is 5.92 Å². The molecule has 0 bridgehead atoms. The number of likely N-dealkylation sites (tertiary alicyclic amines) is 1. The fraction of sp³-hybridized carbons (Fsp3) is 0.529. The maximum atomic E-state index is 12.6. The van der Waals surface area contributed by atoms with Gasteiger partial charge in [0.15, 0.2) is 0 Å². The number of nitrogens with zero attached hydrogens (tertiary/aromatic N) is 1. The van der Waals surface area contributed by atoms with E-state index in [1.165, 1.54) is 6.42 Å². The summed E-state index contributed by atoms with van der Waals surface area (Å²) in [6, 6.07) is 8.41. The molecule has 1 saturated heterocycles. The first-order chi connectivity index (χ1) is 10.6. The van der Waals surface area contributed by atoms with E-state index in [4.69, 9.17) is 0 Å². The van der Waals surface area contributed by atoms with Crippen LogP contribution >= 0.6 is 0 Å². The SMILES string of the molecule is CC(C)C(NC(=O)Nc1ccccc1)C(=O)N1CCCCC1. The molecule has 22 heavy (non-hydrogen) atoms. The van der Waals surface area contributed by atoms with Crippen LogP contribution < -0.4 is 10.6 Å². The molecule has 5 heteroatoms. The van der Waals surface area contributed by atoms with Crippen molar-refractivity contribution in [1.82, 2.24) is 10.2 Å². The average molecular weight is 303 g/mol. The highest BCUT2D eigenvalue weighted by molar-refractivity contribution is 5.93. The van der Waals surface area contributed by atoms with Gasteiger partial charge in [-0.1, -0.05) is 32.0 Å². The van der Waals surface area contributed by atoms with Crippen LogP contribution in [0.4, 0.5) is 10.5 Å². The van der Waals surface area contributed by atoms with E-state index in [0.717, 1.165) is 25.9 Å². The Morgan fingerprint density at radius 3 is 2.27 bits per heavy atom. The van der Waals surface area contributed by atoms with Crippen molar-refractivity contribution < 1.29 is 9.59 Å². The minimum atomic E-state index is -0.484. The summed E-state index contributed by atoms with van der Waals surface area (Å²) in [6.45, 7) is 5.50. The summed E-state index contributed by atoms with van der Waals surface area (Å²) in [5, 5.41) is 5.59. The Morgan fingerprint density at radius 2 is 1.68 bits per heavy atom. The molecular formula is C17H25N3O2. The van der Waals surface area contributed by atoms with Gasteiger partial charge in [-0.15, -0.1) is 0 Å². The van der Waals surface area contributed by atoms with E-state index in [2.05, 4.69) is 10.6 Å². The minimum absolute atomic E-state index is 0.0258. The molecule has 0 radical (unpaired) electrons. The van der Waals surface area contributed by atoms with E-state index >= 15 is 0 Å². The van der Waals surface area contributed by atoms with E-state index in [9.17, 15) is 9.59 Å². The van der Waals surface area contributed by atoms with Gasteiger partial charge in [-0.05, 0) is 37.3 Å². The maximum absolute atomic E-state index is 12.6. The lowest BCUT2D eigenvalue weighted by molar-refractivity contribution is -0.135. The lowest BCUT2D eigenvalue weighted by Crippen LogP contribution is -2.53. The lowest BCUT2D eigenvalue weighted by atomic mass is 10.0. The largest absolute Gasteiger partial charge is 0.341 e. The number of carbonyl (C=O) groups excluding carboxylic acids is 2. The molecule has 3 amide bonds. The summed E-state index contributed by atoms with van der Waals surface area (Å²) in [4.78, 5) is 26.6. The van der Waals surface area contributed by atoms with Crippen molar-refractivity contribution in [3.05, 3.63) is 30.3 Å². The molecule has 1 unspecified atom stereocenters. The molecule has 5 nitrogen and oxygen atoms in total. The Morgan fingerprint density at radius 1 is 1.05 bits per heavy atom. The van der Waals surface area contributed by atoms with Crippen LogP contribution in [0.5, 0.6) is 0 Å². The third-order valence-corrected chi connectivity index (χ3v) is 3.92. The quantitative estimate of drug-likeness (QED) is 0.898. The Bertz CT molecular complexity index is 496. The van der Waals surface area contributed by atoms with E-state index in [0.29, 0.717) is 5.69 Å². The Hall–Kier alpha value is -2.04. The topological polar surface area (TPSA) is 61.4 Å². The van der Waals surface area contributed by atoms with Gasteiger partial charge in [0.05, 0.1) is 0 Å². The molecular weight excluding hydrogens is 278 g/mol. The van der Waals surface area contributed by atoms with Gasteiger partial charge in [0.25, 0.3) is 0 Å². The number of hydrogen-bond acceptors (Lipinski definition) is 2. The van der Waals surface area contributed by atoms with Crippen molar-refractivity contribution in [3.8, 4) is 0 Å². The highest BCUT2D eigenvalue weighted by Gasteiger charge is 2.29. The molecule has 1 atom stereocenters. The maximum Gasteiger partial charge on any atom is 0.319 e. The summed E-state index contributed by atoms with van der Waals surface area (Å²) in [7, 11) is 0. The molecule has 1 heterocycles. The van der Waals surface area contributed by atoms with Crippen LogP contribution in [-0.2, 0) is 4.79 Å². The molecule has 1 aliphatic heterocycles. The van der Waals surface area contributed by atoms with Gasteiger partial charge in [0, 0.05) is 18.8 Å². The zero-order valence-corrected chi connectivity index (χ0v) is 13.3. The second-order valence-electron chi connectivity index (χ2n) is 6.07. The van der Waals surface area contributed by atoms with Crippen molar-refractivity contribution in [3.63, 3.8) is 0 Å². The number of anilines is 1. The molecule has 2 N–H and O–H groups in total. The number of para-hydroxylation sites is 1. The third-order valence-electron chi connectivity index (χ3n) is 3.92. The number of carbonyl (C=O) groups is 2. The van der Waals surface area contributed by atoms with Gasteiger partial charge in [0.1, 0.15) is 6.04 Å². The van der Waals surface area contributed by atoms with E-state index < -0.39 is 6.04 Å². The van der Waals surface area contributed by atoms with Crippen LogP contribution in [-0.4, -0.2) is 36.0 Å². The predicted molar refractivity (Wildman–Crippen MR) is 87.7 cm³/mol. The van der Waals surface area contributed by atoms with Crippen LogP contribution in [0.2, 0.25) is 0 Å². The van der Waals surface area contributed by atoms with Crippen LogP contribution in [0.3, 0.4) is 0 Å². The first-order valence-corrected chi connectivity index (χ1v) is 7.99. The van der Waals surface area contributed by atoms with Crippen molar-refractivity contribution in [2.75, 3.05) is 18.4 Å². The highest BCUT2D eigenvalue weighted by atomic mass is 16.2. The molecule has 0 spiro atoms. The van der Waals surface area contributed by atoms with E-state index in [-0.39, 0.29) is 17.9 Å². The van der Waals surface area contributed by atoms with Gasteiger partial charge < -0.3 is 15.5 Å². The summed E-state index contributed by atoms with van der Waals surface area (Å²) in [5.74, 6) is 0.0776. The number of hydrogen-bond donors (Lipinski definition) is 2. The fourth-order valence-corrected chi connectivity index (χ4v) is 2.65. The predicted octanol–water partition coefficient (Wildman–Crippen LogP) is 2.85. The van der Waals surface area contributed by atoms with Gasteiger partial charge in [-0.3, -0.25) is 4.79 Å². The Kier molecular flexibility index (Phi) is 5.81. The van der Waals surface area contributed by atoms with Crippen LogP contribution in [0.1, 0.15) is 33.1 Å².